The van der Waals surface area contributed by atoms with E-state index in [4.69, 9.17) is 4.42 Å². The Balaban J connectivity index is 2.13. The molecule has 2 unspecified atom stereocenters. The van der Waals surface area contributed by atoms with Crippen LogP contribution in [0.2, 0.25) is 0 Å². The van der Waals surface area contributed by atoms with E-state index in [9.17, 15) is 0 Å². The number of thioether (sulfide) groups is 1. The van der Waals surface area contributed by atoms with Crippen molar-refractivity contribution in [3.05, 3.63) is 24.2 Å². The second kappa shape index (κ2) is 7.02. The fraction of sp³-hybridized carbons (Fsp3) is 0.692. The van der Waals surface area contributed by atoms with Gasteiger partial charge in [0.1, 0.15) is 5.76 Å². The van der Waals surface area contributed by atoms with Gasteiger partial charge in [0.2, 0.25) is 0 Å². The van der Waals surface area contributed by atoms with Crippen LogP contribution in [-0.4, -0.2) is 17.0 Å². The minimum Gasteiger partial charge on any atom is -0.468 e. The van der Waals surface area contributed by atoms with Crippen LogP contribution < -0.4 is 5.32 Å². The molecule has 2 nitrogen and oxygen atoms in total. The van der Waals surface area contributed by atoms with E-state index in [1.54, 1.807) is 6.26 Å². The largest absolute Gasteiger partial charge is 0.468 e. The van der Waals surface area contributed by atoms with Gasteiger partial charge in [0.05, 0.1) is 12.8 Å². The van der Waals surface area contributed by atoms with Crippen LogP contribution in [0.5, 0.6) is 0 Å². The van der Waals surface area contributed by atoms with Crippen molar-refractivity contribution >= 4 is 11.8 Å². The molecule has 2 atom stereocenters. The van der Waals surface area contributed by atoms with Crippen molar-refractivity contribution in [3.63, 3.8) is 0 Å². The van der Waals surface area contributed by atoms with E-state index < -0.39 is 0 Å². The molecule has 3 heteroatoms. The Labute approximate surface area is 103 Å². The van der Waals surface area contributed by atoms with Crippen LogP contribution >= 0.6 is 11.8 Å². The topological polar surface area (TPSA) is 25.2 Å². The van der Waals surface area contributed by atoms with Crippen molar-refractivity contribution in [2.24, 2.45) is 5.92 Å². The van der Waals surface area contributed by atoms with Gasteiger partial charge >= 0.3 is 0 Å². The number of hydrogen-bond donors (Lipinski definition) is 1. The number of furan rings is 1. The predicted molar refractivity (Wildman–Crippen MR) is 71.8 cm³/mol. The summed E-state index contributed by atoms with van der Waals surface area (Å²) in [4.78, 5) is 0. The summed E-state index contributed by atoms with van der Waals surface area (Å²) in [6.07, 6.45) is 1.72. The molecule has 0 spiro atoms. The van der Waals surface area contributed by atoms with E-state index >= 15 is 0 Å². The maximum absolute atomic E-state index is 5.27. The van der Waals surface area contributed by atoms with Crippen LogP contribution in [0.25, 0.3) is 0 Å². The lowest BCUT2D eigenvalue weighted by atomic mass is 10.2. The second-order valence-electron chi connectivity index (χ2n) is 4.61. The Morgan fingerprint density at radius 2 is 2.06 bits per heavy atom. The van der Waals surface area contributed by atoms with E-state index in [-0.39, 0.29) is 0 Å². The summed E-state index contributed by atoms with van der Waals surface area (Å²) in [6.45, 7) is 11.0. The van der Waals surface area contributed by atoms with Gasteiger partial charge in [-0.3, -0.25) is 0 Å². The highest BCUT2D eigenvalue weighted by Gasteiger charge is 2.12. The molecule has 92 valence electrons. The van der Waals surface area contributed by atoms with Crippen LogP contribution in [0.4, 0.5) is 0 Å². The molecule has 0 saturated heterocycles. The second-order valence-corrected chi connectivity index (χ2v) is 6.43. The molecule has 0 fully saturated rings. The molecule has 0 aliphatic heterocycles. The van der Waals surface area contributed by atoms with Crippen LogP contribution in [0, 0.1) is 5.92 Å². The zero-order chi connectivity index (χ0) is 12.0. The zero-order valence-electron chi connectivity index (χ0n) is 10.7. The maximum Gasteiger partial charge on any atom is 0.117 e. The molecule has 0 bridgehead atoms. The highest BCUT2D eigenvalue weighted by molar-refractivity contribution is 8.00. The third kappa shape index (κ3) is 5.08. The molecule has 1 heterocycles. The first-order valence-corrected chi connectivity index (χ1v) is 6.92. The summed E-state index contributed by atoms with van der Waals surface area (Å²) in [5.41, 5.74) is 0. The Kier molecular flexibility index (Phi) is 5.99. The lowest BCUT2D eigenvalue weighted by Gasteiger charge is -2.20. The molecule has 16 heavy (non-hydrogen) atoms. The Bertz CT molecular complexity index is 271. The third-order valence-corrected chi connectivity index (χ3v) is 4.30. The van der Waals surface area contributed by atoms with E-state index in [1.807, 2.05) is 12.1 Å². The summed E-state index contributed by atoms with van der Waals surface area (Å²) in [7, 11) is 0. The normalized spacial score (nSPS) is 15.3. The van der Waals surface area contributed by atoms with Crippen molar-refractivity contribution in [2.75, 3.05) is 6.54 Å². The van der Waals surface area contributed by atoms with Gasteiger partial charge in [0.25, 0.3) is 0 Å². The molecule has 1 N–H and O–H groups in total. The molecule has 0 aliphatic rings. The fourth-order valence-electron chi connectivity index (χ4n) is 1.38. The van der Waals surface area contributed by atoms with Gasteiger partial charge in [-0.1, -0.05) is 27.7 Å². The van der Waals surface area contributed by atoms with E-state index in [1.165, 1.54) is 0 Å². The maximum atomic E-state index is 5.27. The highest BCUT2D eigenvalue weighted by Crippen LogP contribution is 2.22. The molecule has 0 aliphatic carbocycles. The molecule has 0 radical (unpaired) electrons. The zero-order valence-corrected chi connectivity index (χ0v) is 11.5. The highest BCUT2D eigenvalue weighted by atomic mass is 32.2. The molecule has 1 rings (SSSR count). The van der Waals surface area contributed by atoms with Crippen LogP contribution in [0.15, 0.2) is 22.8 Å². The fourth-order valence-corrected chi connectivity index (χ4v) is 2.64. The lowest BCUT2D eigenvalue weighted by molar-refractivity contribution is 0.484. The first-order valence-electron chi connectivity index (χ1n) is 5.98. The Hall–Kier alpha value is -0.410. The van der Waals surface area contributed by atoms with E-state index in [2.05, 4.69) is 44.8 Å². The monoisotopic (exact) mass is 241 g/mol. The van der Waals surface area contributed by atoms with Gasteiger partial charge in [-0.05, 0) is 18.1 Å². The average Bonchev–Trinajstić information content (AvgIpc) is 2.70. The molecule has 1 aromatic rings. The minimum absolute atomic E-state index is 0.646. The van der Waals surface area contributed by atoms with Crippen LogP contribution in [0.3, 0.4) is 0 Å². The summed E-state index contributed by atoms with van der Waals surface area (Å²) < 4.78 is 5.27. The van der Waals surface area contributed by atoms with E-state index in [0.717, 1.165) is 30.0 Å². The molecular formula is C13H23NOS. The predicted octanol–water partition coefficient (Wildman–Crippen LogP) is 3.54. The molecular weight excluding hydrogens is 218 g/mol. The van der Waals surface area contributed by atoms with E-state index in [0.29, 0.717) is 5.25 Å². The molecule has 0 amide bonds. The summed E-state index contributed by atoms with van der Waals surface area (Å²) in [5.74, 6) is 1.76. The van der Waals surface area contributed by atoms with Gasteiger partial charge in [0.15, 0.2) is 0 Å². The first-order chi connectivity index (χ1) is 7.59. The number of hydrogen-bond acceptors (Lipinski definition) is 3. The number of rotatable bonds is 7. The average molecular weight is 241 g/mol. The molecule has 1 aromatic heterocycles. The van der Waals surface area contributed by atoms with Gasteiger partial charge in [-0.25, -0.2) is 0 Å². The van der Waals surface area contributed by atoms with Crippen LogP contribution in [0.1, 0.15) is 33.5 Å². The summed E-state index contributed by atoms with van der Waals surface area (Å²) in [5, 5.41) is 4.79. The smallest absolute Gasteiger partial charge is 0.117 e. The van der Waals surface area contributed by atoms with Crippen molar-refractivity contribution in [2.45, 2.75) is 44.7 Å². The third-order valence-electron chi connectivity index (χ3n) is 2.70. The van der Waals surface area contributed by atoms with Gasteiger partial charge in [0, 0.05) is 17.0 Å². The Morgan fingerprint density at radius 3 is 2.62 bits per heavy atom. The van der Waals surface area contributed by atoms with Crippen molar-refractivity contribution in [1.82, 2.24) is 5.32 Å². The first kappa shape index (κ1) is 13.7. The van der Waals surface area contributed by atoms with Crippen molar-refractivity contribution in [1.29, 1.82) is 0 Å². The van der Waals surface area contributed by atoms with Gasteiger partial charge < -0.3 is 9.73 Å². The lowest BCUT2D eigenvalue weighted by Crippen LogP contribution is -2.24. The summed E-state index contributed by atoms with van der Waals surface area (Å²) in [6, 6.07) is 3.93. The van der Waals surface area contributed by atoms with Gasteiger partial charge in [-0.2, -0.15) is 11.8 Å². The van der Waals surface area contributed by atoms with Crippen molar-refractivity contribution in [3.8, 4) is 0 Å². The SMILES string of the molecule is CC(CNCc1ccco1)SC(C)C(C)C. The summed E-state index contributed by atoms with van der Waals surface area (Å²) >= 11 is 2.05. The Morgan fingerprint density at radius 1 is 1.31 bits per heavy atom. The quantitative estimate of drug-likeness (QED) is 0.790. The van der Waals surface area contributed by atoms with Crippen molar-refractivity contribution < 1.29 is 4.42 Å². The minimum atomic E-state index is 0.646. The van der Waals surface area contributed by atoms with Gasteiger partial charge in [-0.15, -0.1) is 0 Å². The van der Waals surface area contributed by atoms with Crippen LogP contribution in [-0.2, 0) is 6.54 Å². The number of nitrogens with one attached hydrogen (secondary N) is 1. The molecule has 0 aromatic carbocycles. The standard InChI is InChI=1S/C13H23NOS/c1-10(2)12(4)16-11(3)8-14-9-13-6-5-7-15-13/h5-7,10-12,14H,8-9H2,1-4H3. The molecule has 0 saturated carbocycles.